The molecule has 162 valence electrons. The fourth-order valence-electron chi connectivity index (χ4n) is 3.68. The Labute approximate surface area is 175 Å². The maximum Gasteiger partial charge on any atom is 0.344 e. The fraction of sp³-hybridized carbons (Fsp3) is 0.500. The quantitative estimate of drug-likeness (QED) is 0.655. The van der Waals surface area contributed by atoms with Crippen molar-refractivity contribution < 1.29 is 23.9 Å². The lowest BCUT2D eigenvalue weighted by Gasteiger charge is -2.24. The highest BCUT2D eigenvalue weighted by Crippen LogP contribution is 2.30. The minimum absolute atomic E-state index is 0.0115. The zero-order valence-electron chi connectivity index (χ0n) is 17.4. The second-order valence-electron chi connectivity index (χ2n) is 7.60. The molecule has 30 heavy (non-hydrogen) atoms. The Morgan fingerprint density at radius 3 is 2.67 bits per heavy atom. The minimum Gasteiger partial charge on any atom is -0.497 e. The van der Waals surface area contributed by atoms with E-state index in [0.29, 0.717) is 37.5 Å². The number of urea groups is 1. The first-order chi connectivity index (χ1) is 14.2. The van der Waals surface area contributed by atoms with Crippen LogP contribution in [0.1, 0.15) is 25.8 Å². The number of amides is 5. The van der Waals surface area contributed by atoms with E-state index < -0.39 is 23.4 Å². The highest BCUT2D eigenvalue weighted by Gasteiger charge is 2.50. The molecule has 0 spiro atoms. The largest absolute Gasteiger partial charge is 0.497 e. The molecule has 2 heterocycles. The summed E-state index contributed by atoms with van der Waals surface area (Å²) >= 11 is 0. The highest BCUT2D eigenvalue weighted by atomic mass is 16.5. The van der Waals surface area contributed by atoms with Crippen LogP contribution < -0.4 is 15.5 Å². The van der Waals surface area contributed by atoms with Crippen LogP contribution >= 0.6 is 0 Å². The molecule has 0 aliphatic carbocycles. The van der Waals surface area contributed by atoms with Gasteiger partial charge in [0.15, 0.2) is 0 Å². The van der Waals surface area contributed by atoms with Gasteiger partial charge in [-0.15, -0.1) is 0 Å². The van der Waals surface area contributed by atoms with E-state index in [0.717, 1.165) is 11.4 Å². The number of methoxy groups -OCH3 is 1. The summed E-state index contributed by atoms with van der Waals surface area (Å²) in [4.78, 5) is 53.1. The molecular formula is C20H27N5O5. The summed E-state index contributed by atoms with van der Waals surface area (Å²) in [6, 6.07) is 6.15. The normalized spacial score (nSPS) is 22.5. The third kappa shape index (κ3) is 4.38. The summed E-state index contributed by atoms with van der Waals surface area (Å²) in [7, 11) is 1.52. The summed E-state index contributed by atoms with van der Waals surface area (Å²) in [5.41, 5.74) is 1.65. The number of hydrazine groups is 1. The number of carbonyl (C=O) groups excluding carboxylic acids is 4. The molecule has 5 amide bonds. The molecule has 2 N–H and O–H groups in total. The van der Waals surface area contributed by atoms with Crippen molar-refractivity contribution in [3.05, 3.63) is 29.8 Å². The van der Waals surface area contributed by atoms with Crippen molar-refractivity contribution in [2.24, 2.45) is 0 Å². The summed E-state index contributed by atoms with van der Waals surface area (Å²) in [6.07, 6.45) is 0.754. The molecule has 0 bridgehead atoms. The van der Waals surface area contributed by atoms with E-state index >= 15 is 0 Å². The van der Waals surface area contributed by atoms with Crippen LogP contribution in [0.25, 0.3) is 0 Å². The molecule has 0 radical (unpaired) electrons. The molecule has 1 aromatic carbocycles. The Morgan fingerprint density at radius 1 is 1.20 bits per heavy atom. The van der Waals surface area contributed by atoms with Gasteiger partial charge in [0.25, 0.3) is 11.8 Å². The number of hydrogen-bond donors (Lipinski definition) is 2. The van der Waals surface area contributed by atoms with E-state index in [1.165, 1.54) is 14.0 Å². The summed E-state index contributed by atoms with van der Waals surface area (Å²) in [5.74, 6) is -0.478. The first kappa shape index (κ1) is 21.6. The van der Waals surface area contributed by atoms with Gasteiger partial charge >= 0.3 is 6.03 Å². The maximum absolute atomic E-state index is 13.0. The number of benzene rings is 1. The van der Waals surface area contributed by atoms with Gasteiger partial charge in [0, 0.05) is 33.1 Å². The molecule has 2 aliphatic rings. The number of hydrogen-bond acceptors (Lipinski definition) is 6. The average molecular weight is 417 g/mol. The molecule has 10 nitrogen and oxygen atoms in total. The van der Waals surface area contributed by atoms with Crippen LogP contribution in [0.3, 0.4) is 0 Å². The van der Waals surface area contributed by atoms with Crippen LogP contribution in [0, 0.1) is 0 Å². The van der Waals surface area contributed by atoms with E-state index in [2.05, 4.69) is 10.7 Å². The van der Waals surface area contributed by atoms with Crippen LogP contribution in [-0.4, -0.2) is 78.4 Å². The summed E-state index contributed by atoms with van der Waals surface area (Å²) in [6.45, 7) is 5.53. The Morgan fingerprint density at radius 2 is 1.97 bits per heavy atom. The topological polar surface area (TPSA) is 111 Å². The molecule has 1 atom stereocenters. The molecule has 1 aromatic rings. The molecular weight excluding hydrogens is 390 g/mol. The standard InChI is InChI=1S/C20H27N5O5/c1-14(26)24-9-5-8-23(10-11-24)13-17(27)22-25-18(28)20(2,21-19(25)29)15-6-4-7-16(12-15)30-3/h4,6-7,12H,5,8-11,13H2,1-3H3,(H,21,29)(H,22,27). The summed E-state index contributed by atoms with van der Waals surface area (Å²) < 4.78 is 5.19. The molecule has 0 saturated carbocycles. The van der Waals surface area contributed by atoms with Crippen LogP contribution in [0.4, 0.5) is 4.79 Å². The predicted octanol–water partition coefficient (Wildman–Crippen LogP) is 0.0476. The summed E-state index contributed by atoms with van der Waals surface area (Å²) in [5, 5.41) is 3.37. The number of imide groups is 1. The van der Waals surface area contributed by atoms with Crippen molar-refractivity contribution in [2.45, 2.75) is 25.8 Å². The van der Waals surface area contributed by atoms with Gasteiger partial charge in [-0.1, -0.05) is 12.1 Å². The molecule has 2 fully saturated rings. The van der Waals surface area contributed by atoms with Gasteiger partial charge in [-0.25, -0.2) is 4.79 Å². The van der Waals surface area contributed by atoms with Crippen LogP contribution in [-0.2, 0) is 19.9 Å². The number of nitrogens with one attached hydrogen (secondary N) is 2. The van der Waals surface area contributed by atoms with Crippen molar-refractivity contribution in [3.63, 3.8) is 0 Å². The molecule has 3 rings (SSSR count). The first-order valence-corrected chi connectivity index (χ1v) is 9.83. The molecule has 0 aromatic heterocycles. The van der Waals surface area contributed by atoms with Crippen LogP contribution in [0.2, 0.25) is 0 Å². The van der Waals surface area contributed by atoms with E-state index in [-0.39, 0.29) is 12.5 Å². The van der Waals surface area contributed by atoms with Crippen molar-refractivity contribution in [1.82, 2.24) is 25.6 Å². The Kier molecular flexibility index (Phi) is 6.25. The van der Waals surface area contributed by atoms with Gasteiger partial charge in [0.05, 0.1) is 13.7 Å². The lowest BCUT2D eigenvalue weighted by Crippen LogP contribution is -2.51. The fourth-order valence-corrected chi connectivity index (χ4v) is 3.68. The SMILES string of the molecule is COc1cccc(C2(C)NC(=O)N(NC(=O)CN3CCCN(C(C)=O)CC3)C2=O)c1. The van der Waals surface area contributed by atoms with Gasteiger partial charge < -0.3 is 15.0 Å². The monoisotopic (exact) mass is 417 g/mol. The Hall–Kier alpha value is -3.14. The number of ether oxygens (including phenoxy) is 1. The van der Waals surface area contributed by atoms with E-state index in [4.69, 9.17) is 4.74 Å². The third-order valence-electron chi connectivity index (χ3n) is 5.48. The second kappa shape index (κ2) is 8.70. The van der Waals surface area contributed by atoms with Crippen LogP contribution in [0.5, 0.6) is 5.75 Å². The average Bonchev–Trinajstić information content (AvgIpc) is 2.87. The zero-order chi connectivity index (χ0) is 21.9. The molecule has 1 unspecified atom stereocenters. The van der Waals surface area contributed by atoms with Gasteiger partial charge in [-0.3, -0.25) is 24.7 Å². The van der Waals surface area contributed by atoms with Crippen molar-refractivity contribution >= 4 is 23.8 Å². The first-order valence-electron chi connectivity index (χ1n) is 9.83. The second-order valence-corrected chi connectivity index (χ2v) is 7.60. The van der Waals surface area contributed by atoms with E-state index in [9.17, 15) is 19.2 Å². The molecule has 10 heteroatoms. The smallest absolute Gasteiger partial charge is 0.344 e. The van der Waals surface area contributed by atoms with Crippen molar-refractivity contribution in [1.29, 1.82) is 0 Å². The van der Waals surface area contributed by atoms with E-state index in [1.54, 1.807) is 36.1 Å². The maximum atomic E-state index is 13.0. The number of nitrogens with zero attached hydrogens (tertiary/aromatic N) is 3. The Balaban J connectivity index is 1.64. The van der Waals surface area contributed by atoms with Gasteiger partial charge in [0.1, 0.15) is 11.3 Å². The van der Waals surface area contributed by atoms with Gasteiger partial charge in [-0.2, -0.15) is 5.01 Å². The minimum atomic E-state index is -1.32. The lowest BCUT2D eigenvalue weighted by atomic mass is 9.92. The number of carbonyl (C=O) groups is 4. The number of rotatable bonds is 5. The third-order valence-corrected chi connectivity index (χ3v) is 5.48. The van der Waals surface area contributed by atoms with Crippen molar-refractivity contribution in [3.8, 4) is 5.75 Å². The Bertz CT molecular complexity index is 860. The molecule has 2 aliphatic heterocycles. The predicted molar refractivity (Wildman–Crippen MR) is 107 cm³/mol. The van der Waals surface area contributed by atoms with Crippen LogP contribution in [0.15, 0.2) is 24.3 Å². The zero-order valence-corrected chi connectivity index (χ0v) is 17.4. The van der Waals surface area contributed by atoms with E-state index in [1.807, 2.05) is 4.90 Å². The van der Waals surface area contributed by atoms with Gasteiger partial charge in [-0.05, 0) is 31.0 Å². The van der Waals surface area contributed by atoms with Gasteiger partial charge in [0.2, 0.25) is 5.91 Å². The highest BCUT2D eigenvalue weighted by molar-refractivity contribution is 6.08. The van der Waals surface area contributed by atoms with Crippen molar-refractivity contribution in [2.75, 3.05) is 39.8 Å². The molecule has 2 saturated heterocycles. The lowest BCUT2D eigenvalue weighted by molar-refractivity contribution is -0.139.